The van der Waals surface area contributed by atoms with Gasteiger partial charge in [-0.2, -0.15) is 10.2 Å². The molecule has 1 saturated heterocycles. The van der Waals surface area contributed by atoms with Crippen molar-refractivity contribution < 1.29 is 14.6 Å². The predicted molar refractivity (Wildman–Crippen MR) is 133 cm³/mol. The van der Waals surface area contributed by atoms with E-state index >= 15 is 0 Å². The summed E-state index contributed by atoms with van der Waals surface area (Å²) in [6, 6.07) is 13.6. The minimum absolute atomic E-state index is 0.0329. The summed E-state index contributed by atoms with van der Waals surface area (Å²) >= 11 is 0. The molecule has 180 valence electrons. The van der Waals surface area contributed by atoms with Gasteiger partial charge in [-0.25, -0.2) is 0 Å². The Morgan fingerprint density at radius 1 is 1.21 bits per heavy atom. The van der Waals surface area contributed by atoms with Crippen LogP contribution in [0, 0.1) is 16.2 Å². The molecule has 2 aromatic carbocycles. The Labute approximate surface area is 200 Å². The van der Waals surface area contributed by atoms with Gasteiger partial charge in [-0.1, -0.05) is 37.2 Å². The summed E-state index contributed by atoms with van der Waals surface area (Å²) < 4.78 is 5.34. The molecule has 34 heavy (non-hydrogen) atoms. The highest BCUT2D eigenvalue weighted by Gasteiger charge is 2.29. The molecule has 0 bridgehead atoms. The Morgan fingerprint density at radius 2 is 1.91 bits per heavy atom. The second kappa shape index (κ2) is 12.3. The lowest BCUT2D eigenvalue weighted by molar-refractivity contribution is -0.166. The first-order valence-corrected chi connectivity index (χ1v) is 11.8. The topological polar surface area (TPSA) is 115 Å². The fraction of sp³-hybridized carbons (Fsp3) is 0.462. The monoisotopic (exact) mass is 464 g/mol. The second-order valence-electron chi connectivity index (χ2n) is 8.60. The Balaban J connectivity index is 1.70. The number of ether oxygens (including phenoxy) is 1. The average Bonchev–Trinajstić information content (AvgIpc) is 2.85. The number of nitroso groups, excluding NO2 is 1. The number of hydrogen-bond donors (Lipinski definition) is 2. The Hall–Kier alpha value is -3.28. The number of rotatable bonds is 10. The molecule has 8 nitrogen and oxygen atoms in total. The van der Waals surface area contributed by atoms with Gasteiger partial charge in [0.05, 0.1) is 12.1 Å². The number of fused-ring (bicyclic) bond motifs is 1. The predicted octanol–water partition coefficient (Wildman–Crippen LogP) is 4.12. The number of anilines is 1. The normalized spacial score (nSPS) is 20.5. The van der Waals surface area contributed by atoms with Crippen LogP contribution in [-0.2, 0) is 9.53 Å². The van der Waals surface area contributed by atoms with E-state index < -0.39 is 24.3 Å². The first kappa shape index (κ1) is 25.3. The Morgan fingerprint density at radius 3 is 2.59 bits per heavy atom. The molecule has 0 radical (unpaired) electrons. The van der Waals surface area contributed by atoms with Gasteiger partial charge >= 0.3 is 0 Å². The smallest absolute Gasteiger partial charge is 0.262 e. The molecular formula is C26H32N4O4. The molecule has 2 aromatic rings. The summed E-state index contributed by atoms with van der Waals surface area (Å²) in [6.07, 6.45) is 2.56. The van der Waals surface area contributed by atoms with Crippen molar-refractivity contribution in [2.75, 3.05) is 24.5 Å². The molecule has 2 N–H and O–H groups in total. The average molecular weight is 465 g/mol. The van der Waals surface area contributed by atoms with Gasteiger partial charge in [-0.05, 0) is 53.5 Å². The fourth-order valence-electron chi connectivity index (χ4n) is 4.25. The van der Waals surface area contributed by atoms with Crippen molar-refractivity contribution in [3.05, 3.63) is 52.4 Å². The lowest BCUT2D eigenvalue weighted by Crippen LogP contribution is -2.42. The van der Waals surface area contributed by atoms with Gasteiger partial charge in [0.15, 0.2) is 6.29 Å². The van der Waals surface area contributed by atoms with Crippen molar-refractivity contribution in [2.24, 2.45) is 5.18 Å². The van der Waals surface area contributed by atoms with Gasteiger partial charge < -0.3 is 20.1 Å². The zero-order valence-electron chi connectivity index (χ0n) is 19.7. The standard InChI is InChI=1S/C26H32N4O4/c1-3-9-30(10-4-2)23-8-7-19-11-18(5-6-20(19)13-23)12-21(16-27)26(32)28-17-24-14-22(29-33)15-25(31)34-24/h5-8,11-13,22,24-25,31H,3-4,9-10,14-15,17H2,1-2H3,(H,28,32)/b21-12+. The van der Waals surface area contributed by atoms with Crippen LogP contribution < -0.4 is 10.2 Å². The minimum atomic E-state index is -1.08. The molecular weight excluding hydrogens is 432 g/mol. The quantitative estimate of drug-likeness (QED) is 0.310. The third-order valence-electron chi connectivity index (χ3n) is 5.87. The molecule has 8 heteroatoms. The maximum atomic E-state index is 12.5. The van der Waals surface area contributed by atoms with Crippen molar-refractivity contribution in [1.82, 2.24) is 5.32 Å². The number of nitrogens with zero attached hydrogens (tertiary/aromatic N) is 3. The van der Waals surface area contributed by atoms with Gasteiger partial charge in [-0.15, -0.1) is 0 Å². The van der Waals surface area contributed by atoms with Gasteiger partial charge in [-0.3, -0.25) is 4.79 Å². The fourth-order valence-corrected chi connectivity index (χ4v) is 4.25. The summed E-state index contributed by atoms with van der Waals surface area (Å²) in [7, 11) is 0. The van der Waals surface area contributed by atoms with E-state index in [0.29, 0.717) is 6.42 Å². The maximum absolute atomic E-state index is 12.5. The third-order valence-corrected chi connectivity index (χ3v) is 5.87. The summed E-state index contributed by atoms with van der Waals surface area (Å²) in [4.78, 5) is 25.7. The molecule has 1 amide bonds. The van der Waals surface area contributed by atoms with Crippen molar-refractivity contribution >= 4 is 28.4 Å². The number of nitrogens with one attached hydrogen (secondary N) is 1. The number of carbonyl (C=O) groups excluding carboxylic acids is 1. The van der Waals surface area contributed by atoms with Crippen LogP contribution in [0.5, 0.6) is 0 Å². The van der Waals surface area contributed by atoms with Crippen molar-refractivity contribution in [3.8, 4) is 6.07 Å². The zero-order chi connectivity index (χ0) is 24.5. The van der Waals surface area contributed by atoms with E-state index in [-0.39, 0.29) is 18.5 Å². The molecule has 1 aliphatic heterocycles. The van der Waals surface area contributed by atoms with Crippen LogP contribution in [-0.4, -0.2) is 49.1 Å². The molecule has 1 aliphatic rings. The van der Waals surface area contributed by atoms with Crippen molar-refractivity contribution in [1.29, 1.82) is 5.26 Å². The number of hydrogen-bond acceptors (Lipinski definition) is 7. The van der Waals surface area contributed by atoms with Crippen LogP contribution in [0.3, 0.4) is 0 Å². The number of nitriles is 1. The Kier molecular flexibility index (Phi) is 9.14. The molecule has 0 spiro atoms. The number of amides is 1. The van der Waals surface area contributed by atoms with Crippen LogP contribution in [0.25, 0.3) is 16.8 Å². The summed E-state index contributed by atoms with van der Waals surface area (Å²) in [5.41, 5.74) is 1.91. The van der Waals surface area contributed by atoms with E-state index in [4.69, 9.17) is 4.74 Å². The van der Waals surface area contributed by atoms with Gasteiger partial charge in [0.25, 0.3) is 5.91 Å². The van der Waals surface area contributed by atoms with E-state index in [0.717, 1.165) is 42.3 Å². The minimum Gasteiger partial charge on any atom is -0.372 e. The lowest BCUT2D eigenvalue weighted by Gasteiger charge is -2.29. The van der Waals surface area contributed by atoms with E-state index in [1.165, 1.54) is 5.69 Å². The zero-order valence-corrected chi connectivity index (χ0v) is 19.7. The maximum Gasteiger partial charge on any atom is 0.262 e. The molecule has 0 saturated carbocycles. The first-order valence-electron chi connectivity index (χ1n) is 11.8. The number of aliphatic hydroxyl groups is 1. The molecule has 1 fully saturated rings. The van der Waals surface area contributed by atoms with E-state index in [2.05, 4.69) is 47.4 Å². The van der Waals surface area contributed by atoms with Crippen molar-refractivity contribution in [2.45, 2.75) is 58.0 Å². The van der Waals surface area contributed by atoms with Gasteiger partial charge in [0, 0.05) is 38.2 Å². The highest BCUT2D eigenvalue weighted by atomic mass is 16.6. The van der Waals surface area contributed by atoms with Crippen LogP contribution >= 0.6 is 0 Å². The summed E-state index contributed by atoms with van der Waals surface area (Å²) in [5, 5.41) is 27.0. The van der Waals surface area contributed by atoms with Crippen molar-refractivity contribution in [3.63, 3.8) is 0 Å². The number of benzene rings is 2. The second-order valence-corrected chi connectivity index (χ2v) is 8.60. The molecule has 1 heterocycles. The van der Waals surface area contributed by atoms with E-state index in [9.17, 15) is 20.1 Å². The number of carbonyl (C=O) groups is 1. The van der Waals surface area contributed by atoms with Crippen LogP contribution in [0.4, 0.5) is 5.69 Å². The van der Waals surface area contributed by atoms with Gasteiger partial charge in [0.2, 0.25) is 0 Å². The van der Waals surface area contributed by atoms with Crippen LogP contribution in [0.15, 0.2) is 47.1 Å². The van der Waals surface area contributed by atoms with E-state index in [1.54, 1.807) is 6.08 Å². The van der Waals surface area contributed by atoms with Crippen LogP contribution in [0.2, 0.25) is 0 Å². The van der Waals surface area contributed by atoms with Gasteiger partial charge in [0.1, 0.15) is 11.6 Å². The summed E-state index contributed by atoms with van der Waals surface area (Å²) in [5.74, 6) is -0.535. The molecule has 3 atom stereocenters. The highest BCUT2D eigenvalue weighted by molar-refractivity contribution is 6.02. The SMILES string of the molecule is CCCN(CCC)c1ccc2cc(/C=C(\C#N)C(=O)NCC3CC(N=O)CC(O)O3)ccc2c1. The third kappa shape index (κ3) is 6.62. The molecule has 0 aromatic heterocycles. The Bertz CT molecular complexity index is 1070. The summed E-state index contributed by atoms with van der Waals surface area (Å²) in [6.45, 7) is 6.45. The molecule has 0 aliphatic carbocycles. The number of aliphatic hydroxyl groups excluding tert-OH is 1. The largest absolute Gasteiger partial charge is 0.372 e. The van der Waals surface area contributed by atoms with Crippen LogP contribution in [0.1, 0.15) is 45.1 Å². The molecule has 3 rings (SSSR count). The van der Waals surface area contributed by atoms with E-state index in [1.807, 2.05) is 24.3 Å². The highest BCUT2D eigenvalue weighted by Crippen LogP contribution is 2.25. The molecule has 3 unspecified atom stereocenters. The lowest BCUT2D eigenvalue weighted by atomic mass is 10.0. The first-order chi connectivity index (χ1) is 16.5.